The van der Waals surface area contributed by atoms with Crippen molar-refractivity contribution in [2.45, 2.75) is 6.92 Å². The van der Waals surface area contributed by atoms with E-state index in [1.165, 1.54) is 0 Å². The number of hydrogen-bond acceptors (Lipinski definition) is 7. The molecule has 0 aliphatic carbocycles. The Morgan fingerprint density at radius 1 is 1.30 bits per heavy atom. The zero-order chi connectivity index (χ0) is 15.8. The van der Waals surface area contributed by atoms with E-state index in [2.05, 4.69) is 30.5 Å². The number of nitrogens with zero attached hydrogens (tertiary/aromatic N) is 6. The minimum absolute atomic E-state index is 0.562. The summed E-state index contributed by atoms with van der Waals surface area (Å²) in [6.45, 7) is 3.19. The first kappa shape index (κ1) is 13.6. The molecule has 0 atom stereocenters. The number of nitrogens with one attached hydrogen (secondary N) is 1. The Balaban J connectivity index is 1.98. The lowest BCUT2D eigenvalue weighted by Crippen LogP contribution is -2.13. The maximum Gasteiger partial charge on any atom is 0.236 e. The number of anilines is 1. The molecule has 0 unspecified atom stereocenters. The summed E-state index contributed by atoms with van der Waals surface area (Å²) >= 11 is 0. The molecule has 0 fully saturated rings. The van der Waals surface area contributed by atoms with Crippen LogP contribution in [0.15, 0.2) is 29.5 Å². The minimum Gasteiger partial charge on any atom is -0.474 e. The fourth-order valence-electron chi connectivity index (χ4n) is 2.61. The quantitative estimate of drug-likeness (QED) is 0.784. The smallest absolute Gasteiger partial charge is 0.236 e. The number of fused-ring (bicyclic) bond motifs is 1. The van der Waals surface area contributed by atoms with Gasteiger partial charge in [0.2, 0.25) is 11.8 Å². The van der Waals surface area contributed by atoms with E-state index in [0.29, 0.717) is 36.5 Å². The molecule has 0 radical (unpaired) electrons. The molecule has 3 aromatic heterocycles. The average Bonchev–Trinajstić information content (AvgIpc) is 3.26. The molecule has 8 heteroatoms. The van der Waals surface area contributed by atoms with E-state index in [1.807, 2.05) is 30.5 Å². The fourth-order valence-corrected chi connectivity index (χ4v) is 2.61. The van der Waals surface area contributed by atoms with Crippen molar-refractivity contribution in [1.82, 2.24) is 24.6 Å². The Kier molecular flexibility index (Phi) is 3.14. The zero-order valence-corrected chi connectivity index (χ0v) is 12.8. The van der Waals surface area contributed by atoms with Gasteiger partial charge in [-0.1, -0.05) is 0 Å². The second-order valence-corrected chi connectivity index (χ2v) is 5.12. The molecule has 3 aromatic rings. The molecular formula is C15H15N7O. The molecule has 0 spiro atoms. The lowest BCUT2D eigenvalue weighted by atomic mass is 10.2. The van der Waals surface area contributed by atoms with Gasteiger partial charge in [-0.25, -0.2) is 14.4 Å². The number of hydrogen-bond donors (Lipinski definition) is 1. The topological polar surface area (TPSA) is 89.6 Å². The van der Waals surface area contributed by atoms with E-state index in [1.54, 1.807) is 12.4 Å². The van der Waals surface area contributed by atoms with Crippen molar-refractivity contribution >= 4 is 17.5 Å². The number of rotatable bonds is 3. The molecule has 1 aliphatic rings. The molecular weight excluding hydrogens is 294 g/mol. The van der Waals surface area contributed by atoms with Crippen LogP contribution in [0, 0.1) is 6.92 Å². The molecule has 8 nitrogen and oxygen atoms in total. The first-order chi connectivity index (χ1) is 11.3. The second-order valence-electron chi connectivity index (χ2n) is 5.12. The maximum absolute atomic E-state index is 5.55. The highest BCUT2D eigenvalue weighted by Gasteiger charge is 2.22. The monoisotopic (exact) mass is 309 g/mol. The number of ether oxygens (including phenoxy) is 1. The summed E-state index contributed by atoms with van der Waals surface area (Å²) in [5.41, 5.74) is 3.17. The molecule has 1 aliphatic heterocycles. The zero-order valence-electron chi connectivity index (χ0n) is 12.8. The van der Waals surface area contributed by atoms with Crippen LogP contribution in [0.5, 0.6) is 0 Å². The summed E-state index contributed by atoms with van der Waals surface area (Å²) in [5.74, 6) is 1.88. The van der Waals surface area contributed by atoms with Gasteiger partial charge in [-0.15, -0.1) is 10.2 Å². The van der Waals surface area contributed by atoms with Gasteiger partial charge in [-0.05, 0) is 19.1 Å². The van der Waals surface area contributed by atoms with E-state index in [9.17, 15) is 0 Å². The van der Waals surface area contributed by atoms with Crippen LogP contribution in [0.4, 0.5) is 5.95 Å². The highest BCUT2D eigenvalue weighted by atomic mass is 16.5. The third-order valence-electron chi connectivity index (χ3n) is 3.71. The van der Waals surface area contributed by atoms with E-state index < -0.39 is 0 Å². The summed E-state index contributed by atoms with van der Waals surface area (Å²) < 4.78 is 7.43. The standard InChI is InChI=1S/C15H15N7O/c1-9-11(14-18-6-7-23-14)19-15(16-2)22-12(9)20-21-13(22)10-4-3-5-17-8-10/h3-5,8H,6-7H2,1-2H3,(H,16,19). The summed E-state index contributed by atoms with van der Waals surface area (Å²) in [7, 11) is 1.81. The highest BCUT2D eigenvalue weighted by Crippen LogP contribution is 2.25. The Morgan fingerprint density at radius 3 is 2.91 bits per heavy atom. The van der Waals surface area contributed by atoms with Gasteiger partial charge in [0.1, 0.15) is 12.3 Å². The third kappa shape index (κ3) is 2.10. The van der Waals surface area contributed by atoms with Gasteiger partial charge >= 0.3 is 0 Å². The molecule has 0 saturated carbocycles. The van der Waals surface area contributed by atoms with Crippen LogP contribution in [-0.4, -0.2) is 50.7 Å². The van der Waals surface area contributed by atoms with Crippen LogP contribution < -0.4 is 5.32 Å². The van der Waals surface area contributed by atoms with Gasteiger partial charge in [0.05, 0.1) is 6.54 Å². The molecule has 0 bridgehead atoms. The summed E-state index contributed by atoms with van der Waals surface area (Å²) in [5, 5.41) is 11.7. The van der Waals surface area contributed by atoms with Gasteiger partial charge in [0.25, 0.3) is 0 Å². The third-order valence-corrected chi connectivity index (χ3v) is 3.71. The van der Waals surface area contributed by atoms with E-state index in [4.69, 9.17) is 4.74 Å². The largest absolute Gasteiger partial charge is 0.474 e. The number of pyridine rings is 1. The van der Waals surface area contributed by atoms with Crippen LogP contribution in [0.1, 0.15) is 11.3 Å². The van der Waals surface area contributed by atoms with Crippen LogP contribution in [0.25, 0.3) is 17.0 Å². The summed E-state index contributed by atoms with van der Waals surface area (Å²) in [6.07, 6.45) is 3.48. The lowest BCUT2D eigenvalue weighted by Gasteiger charge is -2.11. The molecule has 0 amide bonds. The molecule has 4 rings (SSSR count). The van der Waals surface area contributed by atoms with Gasteiger partial charge < -0.3 is 10.1 Å². The normalized spacial score (nSPS) is 13.9. The average molecular weight is 309 g/mol. The highest BCUT2D eigenvalue weighted by molar-refractivity contribution is 5.96. The molecule has 4 heterocycles. The fraction of sp³-hybridized carbons (Fsp3) is 0.267. The van der Waals surface area contributed by atoms with Crippen molar-refractivity contribution in [1.29, 1.82) is 0 Å². The van der Waals surface area contributed by atoms with Crippen molar-refractivity contribution < 1.29 is 4.74 Å². The Bertz CT molecular complexity index is 901. The predicted octanol–water partition coefficient (Wildman–Crippen LogP) is 1.31. The van der Waals surface area contributed by atoms with E-state index in [0.717, 1.165) is 16.8 Å². The Hall–Kier alpha value is -3.03. The van der Waals surface area contributed by atoms with E-state index in [-0.39, 0.29) is 0 Å². The lowest BCUT2D eigenvalue weighted by molar-refractivity contribution is 0.347. The Morgan fingerprint density at radius 2 is 2.22 bits per heavy atom. The summed E-state index contributed by atoms with van der Waals surface area (Å²) in [4.78, 5) is 13.2. The van der Waals surface area contributed by atoms with Crippen LogP contribution in [0.3, 0.4) is 0 Å². The van der Waals surface area contributed by atoms with Gasteiger partial charge in [0, 0.05) is 30.6 Å². The molecule has 116 valence electrons. The van der Waals surface area contributed by atoms with Crippen molar-refractivity contribution in [3.63, 3.8) is 0 Å². The van der Waals surface area contributed by atoms with Gasteiger partial charge in [0.15, 0.2) is 11.5 Å². The van der Waals surface area contributed by atoms with Crippen LogP contribution in [0.2, 0.25) is 0 Å². The SMILES string of the molecule is CNc1nc(C2=NCCO2)c(C)c2nnc(-c3cccnc3)n12. The molecule has 0 saturated heterocycles. The molecule has 1 N–H and O–H groups in total. The van der Waals surface area contributed by atoms with Crippen LogP contribution in [-0.2, 0) is 4.74 Å². The first-order valence-corrected chi connectivity index (χ1v) is 7.31. The maximum atomic E-state index is 5.55. The minimum atomic E-state index is 0.562. The number of aryl methyl sites for hydroxylation is 1. The van der Waals surface area contributed by atoms with Gasteiger partial charge in [-0.3, -0.25) is 4.98 Å². The second kappa shape index (κ2) is 5.31. The molecule has 23 heavy (non-hydrogen) atoms. The molecule has 0 aromatic carbocycles. The first-order valence-electron chi connectivity index (χ1n) is 7.31. The number of aromatic nitrogens is 5. The predicted molar refractivity (Wildman–Crippen MR) is 85.7 cm³/mol. The van der Waals surface area contributed by atoms with Crippen molar-refractivity contribution in [3.05, 3.63) is 35.8 Å². The van der Waals surface area contributed by atoms with Crippen molar-refractivity contribution in [2.24, 2.45) is 4.99 Å². The van der Waals surface area contributed by atoms with Crippen molar-refractivity contribution in [3.8, 4) is 11.4 Å². The Labute approximate surface area is 132 Å². The van der Waals surface area contributed by atoms with Crippen molar-refractivity contribution in [2.75, 3.05) is 25.5 Å². The van der Waals surface area contributed by atoms with E-state index >= 15 is 0 Å². The van der Waals surface area contributed by atoms with Crippen LogP contribution >= 0.6 is 0 Å². The van der Waals surface area contributed by atoms with Gasteiger partial charge in [-0.2, -0.15) is 0 Å². The summed E-state index contributed by atoms with van der Waals surface area (Å²) in [6, 6.07) is 3.81. The number of aliphatic imine (C=N–C) groups is 1.